The lowest BCUT2D eigenvalue weighted by Crippen LogP contribution is -1.82. The maximum atomic E-state index is 9.12. The van der Waals surface area contributed by atoms with E-state index >= 15 is 0 Å². The number of ether oxygens (including phenoxy) is 2. The molecule has 0 bridgehead atoms. The number of phenols is 2. The molecule has 20 heavy (non-hydrogen) atoms. The molecule has 0 saturated carbocycles. The van der Waals surface area contributed by atoms with E-state index in [2.05, 4.69) is 25.3 Å². The first-order valence-corrected chi connectivity index (χ1v) is 6.49. The number of hydrogen-bond donors (Lipinski definition) is 4. The summed E-state index contributed by atoms with van der Waals surface area (Å²) in [5, 5.41) is 18.2. The van der Waals surface area contributed by atoms with E-state index in [1.54, 1.807) is 30.3 Å². The van der Waals surface area contributed by atoms with Gasteiger partial charge in [-0.1, -0.05) is 0 Å². The maximum absolute atomic E-state index is 9.12. The Morgan fingerprint density at radius 1 is 0.750 bits per heavy atom. The lowest BCUT2D eigenvalue weighted by molar-refractivity contribution is 0.372. The zero-order valence-corrected chi connectivity index (χ0v) is 12.9. The largest absolute Gasteiger partial charge is 0.504 e. The summed E-state index contributed by atoms with van der Waals surface area (Å²) in [4.78, 5) is 1.49. The number of phenolic OH excluding ortho intramolecular Hbond substituents is 2. The summed E-state index contributed by atoms with van der Waals surface area (Å²) in [6, 6.07) is 9.84. The smallest absolute Gasteiger partial charge is 0.161 e. The molecule has 0 aliphatic heterocycles. The van der Waals surface area contributed by atoms with Crippen LogP contribution in [0.5, 0.6) is 23.0 Å². The number of thiol groups is 2. The Hall–Kier alpha value is -1.66. The second kappa shape index (κ2) is 7.81. The van der Waals surface area contributed by atoms with Crippen LogP contribution in [0.3, 0.4) is 0 Å². The summed E-state index contributed by atoms with van der Waals surface area (Å²) >= 11 is 8.09. The minimum atomic E-state index is 0.120. The second-order valence-electron chi connectivity index (χ2n) is 3.71. The normalized spacial score (nSPS) is 9.40. The van der Waals surface area contributed by atoms with Gasteiger partial charge in [-0.2, -0.15) is 0 Å². The second-order valence-corrected chi connectivity index (χ2v) is 4.75. The highest BCUT2D eigenvalue weighted by molar-refractivity contribution is 7.80. The van der Waals surface area contributed by atoms with Crippen molar-refractivity contribution in [3.05, 3.63) is 36.4 Å². The van der Waals surface area contributed by atoms with Crippen molar-refractivity contribution in [1.82, 2.24) is 0 Å². The van der Waals surface area contributed by atoms with E-state index < -0.39 is 0 Å². The van der Waals surface area contributed by atoms with E-state index in [4.69, 9.17) is 19.7 Å². The van der Waals surface area contributed by atoms with Crippen molar-refractivity contribution in [3.63, 3.8) is 0 Å². The molecule has 2 aromatic carbocycles. The predicted molar refractivity (Wildman–Crippen MR) is 83.8 cm³/mol. The summed E-state index contributed by atoms with van der Waals surface area (Å²) in [6.45, 7) is 0. The monoisotopic (exact) mass is 312 g/mol. The fraction of sp³-hybridized carbons (Fsp3) is 0.143. The molecule has 0 atom stereocenters. The molecule has 0 aliphatic rings. The first kappa shape index (κ1) is 16.4. The number of aromatic hydroxyl groups is 2. The molecular formula is C14H16O4S2. The van der Waals surface area contributed by atoms with Gasteiger partial charge < -0.3 is 19.7 Å². The van der Waals surface area contributed by atoms with E-state index in [0.29, 0.717) is 11.5 Å². The summed E-state index contributed by atoms with van der Waals surface area (Å²) in [5.74, 6) is 1.18. The van der Waals surface area contributed by atoms with Gasteiger partial charge in [-0.25, -0.2) is 0 Å². The Morgan fingerprint density at radius 3 is 1.80 bits per heavy atom. The molecule has 0 unspecified atom stereocenters. The Morgan fingerprint density at radius 2 is 1.30 bits per heavy atom. The van der Waals surface area contributed by atoms with E-state index in [0.717, 1.165) is 9.79 Å². The van der Waals surface area contributed by atoms with Gasteiger partial charge in [-0.15, -0.1) is 25.3 Å². The molecule has 0 aliphatic carbocycles. The number of rotatable bonds is 2. The van der Waals surface area contributed by atoms with Crippen molar-refractivity contribution >= 4 is 25.3 Å². The summed E-state index contributed by atoms with van der Waals surface area (Å²) in [6.07, 6.45) is 0. The quantitative estimate of drug-likeness (QED) is 0.642. The lowest BCUT2D eigenvalue weighted by atomic mass is 10.3. The SMILES string of the molecule is COc1cc(S)ccc1O.COc1ccc(S)cc1O. The van der Waals surface area contributed by atoms with Crippen LogP contribution in [0.15, 0.2) is 46.2 Å². The van der Waals surface area contributed by atoms with Gasteiger partial charge in [0.1, 0.15) is 0 Å². The average molecular weight is 312 g/mol. The standard InChI is InChI=1S/2C7H8O2S/c1-9-7-3-2-5(10)4-6(7)8;1-9-7-4-5(10)2-3-6(7)8/h2*2-4,8,10H,1H3. The van der Waals surface area contributed by atoms with E-state index in [1.165, 1.54) is 20.3 Å². The van der Waals surface area contributed by atoms with Gasteiger partial charge in [0.15, 0.2) is 23.0 Å². The number of hydrogen-bond acceptors (Lipinski definition) is 6. The third-order valence-electron chi connectivity index (χ3n) is 2.33. The Labute approximate surface area is 128 Å². The van der Waals surface area contributed by atoms with Crippen LogP contribution in [0.1, 0.15) is 0 Å². The van der Waals surface area contributed by atoms with Gasteiger partial charge in [0.25, 0.3) is 0 Å². The maximum Gasteiger partial charge on any atom is 0.161 e. The molecule has 0 aromatic heterocycles. The molecule has 2 N–H and O–H groups in total. The topological polar surface area (TPSA) is 58.9 Å². The van der Waals surface area contributed by atoms with Gasteiger partial charge in [-0.3, -0.25) is 0 Å². The summed E-state index contributed by atoms with van der Waals surface area (Å²) < 4.78 is 9.64. The van der Waals surface area contributed by atoms with Crippen molar-refractivity contribution in [3.8, 4) is 23.0 Å². The van der Waals surface area contributed by atoms with Crippen molar-refractivity contribution in [2.45, 2.75) is 9.79 Å². The van der Waals surface area contributed by atoms with Gasteiger partial charge in [0.2, 0.25) is 0 Å². The number of benzene rings is 2. The first-order valence-electron chi connectivity index (χ1n) is 5.60. The molecule has 0 amide bonds. The lowest BCUT2D eigenvalue weighted by Gasteiger charge is -2.01. The molecule has 108 valence electrons. The minimum absolute atomic E-state index is 0.120. The van der Waals surface area contributed by atoms with Crippen molar-refractivity contribution < 1.29 is 19.7 Å². The van der Waals surface area contributed by atoms with Gasteiger partial charge in [-0.05, 0) is 36.4 Å². The highest BCUT2D eigenvalue weighted by Gasteiger charge is 1.99. The first-order chi connectivity index (χ1) is 9.47. The molecule has 4 nitrogen and oxygen atoms in total. The third-order valence-corrected chi connectivity index (χ3v) is 2.88. The van der Waals surface area contributed by atoms with Gasteiger partial charge in [0, 0.05) is 9.79 Å². The van der Waals surface area contributed by atoms with Gasteiger partial charge in [0.05, 0.1) is 14.2 Å². The van der Waals surface area contributed by atoms with E-state index in [9.17, 15) is 0 Å². The Balaban J connectivity index is 0.000000200. The van der Waals surface area contributed by atoms with Crippen LogP contribution in [-0.4, -0.2) is 24.4 Å². The fourth-order valence-electron chi connectivity index (χ4n) is 1.34. The molecule has 2 aromatic rings. The van der Waals surface area contributed by atoms with Crippen LogP contribution in [0.25, 0.3) is 0 Å². The zero-order chi connectivity index (χ0) is 15.1. The van der Waals surface area contributed by atoms with E-state index in [-0.39, 0.29) is 11.5 Å². The van der Waals surface area contributed by atoms with Crippen LogP contribution in [-0.2, 0) is 0 Å². The highest BCUT2D eigenvalue weighted by Crippen LogP contribution is 2.28. The van der Waals surface area contributed by atoms with Crippen LogP contribution in [0.4, 0.5) is 0 Å². The summed E-state index contributed by atoms with van der Waals surface area (Å²) in [7, 11) is 3.01. The molecular weight excluding hydrogens is 296 g/mol. The van der Waals surface area contributed by atoms with Crippen LogP contribution in [0.2, 0.25) is 0 Å². The summed E-state index contributed by atoms with van der Waals surface area (Å²) in [5.41, 5.74) is 0. The molecule has 6 heteroatoms. The van der Waals surface area contributed by atoms with Crippen LogP contribution in [0, 0.1) is 0 Å². The molecule has 0 heterocycles. The fourth-order valence-corrected chi connectivity index (χ4v) is 1.73. The molecule has 0 spiro atoms. The minimum Gasteiger partial charge on any atom is -0.504 e. The van der Waals surface area contributed by atoms with Crippen molar-refractivity contribution in [2.75, 3.05) is 14.2 Å². The van der Waals surface area contributed by atoms with E-state index in [1.807, 2.05) is 0 Å². The molecule has 0 saturated heterocycles. The van der Waals surface area contributed by atoms with Crippen molar-refractivity contribution in [1.29, 1.82) is 0 Å². The van der Waals surface area contributed by atoms with Gasteiger partial charge >= 0.3 is 0 Å². The highest BCUT2D eigenvalue weighted by atomic mass is 32.1. The predicted octanol–water partition coefficient (Wildman–Crippen LogP) is 3.38. The average Bonchev–Trinajstić information content (AvgIpc) is 2.42. The molecule has 2 rings (SSSR count). The van der Waals surface area contributed by atoms with Crippen LogP contribution >= 0.6 is 25.3 Å². The molecule has 0 radical (unpaired) electrons. The van der Waals surface area contributed by atoms with Crippen LogP contribution < -0.4 is 9.47 Å². The molecule has 0 fully saturated rings. The Kier molecular flexibility index (Phi) is 6.41. The van der Waals surface area contributed by atoms with Crippen molar-refractivity contribution in [2.24, 2.45) is 0 Å². The Bertz CT molecular complexity index is 573. The number of methoxy groups -OCH3 is 2. The third kappa shape index (κ3) is 4.79. The zero-order valence-electron chi connectivity index (χ0n) is 11.1.